The van der Waals surface area contributed by atoms with Crippen LogP contribution in [0.2, 0.25) is 0 Å². The number of amides is 1. The number of piperidine rings is 1. The summed E-state index contributed by atoms with van der Waals surface area (Å²) in [6.07, 6.45) is 2.14. The molecule has 1 saturated heterocycles. The van der Waals surface area contributed by atoms with Crippen LogP contribution in [0, 0.1) is 11.8 Å². The second-order valence-electron chi connectivity index (χ2n) is 8.18. The molecule has 2 N–H and O–H groups in total. The van der Waals surface area contributed by atoms with Crippen molar-refractivity contribution in [1.29, 1.82) is 0 Å². The molecule has 1 aliphatic rings. The second kappa shape index (κ2) is 13.0. The zero-order valence-corrected chi connectivity index (χ0v) is 19.6. The summed E-state index contributed by atoms with van der Waals surface area (Å²) in [5.41, 5.74) is 8.74. The van der Waals surface area contributed by atoms with E-state index < -0.39 is 0 Å². The first-order valence-corrected chi connectivity index (χ1v) is 10.4. The Kier molecular flexibility index (Phi) is 11.4. The number of nitrogens with two attached hydrogens (primary N) is 1. The van der Waals surface area contributed by atoms with Gasteiger partial charge in [-0.1, -0.05) is 67.6 Å². The van der Waals surface area contributed by atoms with E-state index in [1.54, 1.807) is 0 Å². The summed E-state index contributed by atoms with van der Waals surface area (Å²) in [4.78, 5) is 17.3. The maximum Gasteiger partial charge on any atom is 0.227 e. The molecule has 1 heterocycles. The largest absolute Gasteiger partial charge is 0.342 e. The van der Waals surface area contributed by atoms with Crippen LogP contribution < -0.4 is 5.73 Å². The first kappa shape index (κ1) is 26.4. The van der Waals surface area contributed by atoms with Gasteiger partial charge >= 0.3 is 0 Å². The van der Waals surface area contributed by atoms with Crippen molar-refractivity contribution in [2.75, 3.05) is 26.7 Å². The monoisotopic (exact) mass is 451 g/mol. The van der Waals surface area contributed by atoms with E-state index in [-0.39, 0.29) is 42.7 Å². The van der Waals surface area contributed by atoms with Gasteiger partial charge < -0.3 is 15.5 Å². The lowest BCUT2D eigenvalue weighted by atomic mass is 9.91. The number of hydrogen-bond acceptors (Lipinski definition) is 3. The number of likely N-dealkylation sites (tertiary alicyclic amines) is 1. The summed E-state index contributed by atoms with van der Waals surface area (Å²) >= 11 is 0. The minimum Gasteiger partial charge on any atom is -0.342 e. The van der Waals surface area contributed by atoms with E-state index in [9.17, 15) is 4.79 Å². The first-order valence-electron chi connectivity index (χ1n) is 10.4. The highest BCUT2D eigenvalue weighted by Gasteiger charge is 2.29. The molecule has 1 aliphatic heterocycles. The average molecular weight is 452 g/mol. The highest BCUT2D eigenvalue weighted by atomic mass is 35.5. The Labute approximate surface area is 193 Å². The van der Waals surface area contributed by atoms with Crippen LogP contribution in [0.3, 0.4) is 0 Å². The molecule has 0 aliphatic carbocycles. The molecule has 4 nitrogen and oxygen atoms in total. The van der Waals surface area contributed by atoms with Gasteiger partial charge in [-0.3, -0.25) is 4.79 Å². The third kappa shape index (κ3) is 7.28. The third-order valence-electron chi connectivity index (χ3n) is 5.90. The molecule has 3 rings (SSSR count). The van der Waals surface area contributed by atoms with Crippen molar-refractivity contribution in [3.63, 3.8) is 0 Å². The molecular weight excluding hydrogens is 417 g/mol. The molecule has 0 radical (unpaired) electrons. The van der Waals surface area contributed by atoms with Crippen LogP contribution in [0.4, 0.5) is 0 Å². The van der Waals surface area contributed by atoms with E-state index in [2.05, 4.69) is 42.3 Å². The van der Waals surface area contributed by atoms with E-state index in [1.807, 2.05) is 42.2 Å². The van der Waals surface area contributed by atoms with Crippen molar-refractivity contribution in [2.24, 2.45) is 17.6 Å². The standard InChI is InChI=1S/C24H33N3O.2ClH/c1-19(23(25)22-11-7-4-8-12-22)24(28)27-15-13-21(14-16-27)18-26(2)17-20-9-5-3-6-10-20;;/h3-12,19,21,23H,13-18,25H2,1-2H3;2*1H. The van der Waals surface area contributed by atoms with Gasteiger partial charge in [0.15, 0.2) is 0 Å². The number of halogens is 2. The fourth-order valence-corrected chi connectivity index (χ4v) is 4.14. The van der Waals surface area contributed by atoms with E-state index in [1.165, 1.54) is 5.56 Å². The van der Waals surface area contributed by atoms with Gasteiger partial charge in [-0.2, -0.15) is 0 Å². The number of hydrogen-bond donors (Lipinski definition) is 1. The fraction of sp³-hybridized carbons (Fsp3) is 0.458. The molecule has 166 valence electrons. The molecular formula is C24H35Cl2N3O. The number of carbonyl (C=O) groups is 1. The van der Waals surface area contributed by atoms with Crippen molar-refractivity contribution in [3.05, 3.63) is 71.8 Å². The lowest BCUT2D eigenvalue weighted by Crippen LogP contribution is -2.45. The fourth-order valence-electron chi connectivity index (χ4n) is 4.14. The average Bonchev–Trinajstić information content (AvgIpc) is 2.74. The van der Waals surface area contributed by atoms with Gasteiger partial charge in [-0.25, -0.2) is 0 Å². The number of nitrogens with zero attached hydrogens (tertiary/aromatic N) is 2. The third-order valence-corrected chi connectivity index (χ3v) is 5.90. The van der Waals surface area contributed by atoms with Crippen LogP contribution in [-0.4, -0.2) is 42.4 Å². The van der Waals surface area contributed by atoms with Crippen molar-refractivity contribution >= 4 is 30.7 Å². The van der Waals surface area contributed by atoms with Crippen LogP contribution in [0.5, 0.6) is 0 Å². The molecule has 2 atom stereocenters. The lowest BCUT2D eigenvalue weighted by Gasteiger charge is -2.36. The molecule has 6 heteroatoms. The molecule has 0 aromatic heterocycles. The molecule has 2 unspecified atom stereocenters. The van der Waals surface area contributed by atoms with Gasteiger partial charge in [0.1, 0.15) is 0 Å². The van der Waals surface area contributed by atoms with Crippen LogP contribution >= 0.6 is 24.8 Å². The van der Waals surface area contributed by atoms with E-state index in [4.69, 9.17) is 5.73 Å². The quantitative estimate of drug-likeness (QED) is 0.671. The topological polar surface area (TPSA) is 49.6 Å². The van der Waals surface area contributed by atoms with Crippen molar-refractivity contribution in [1.82, 2.24) is 9.80 Å². The minimum atomic E-state index is -0.247. The Bertz CT molecular complexity index is 737. The predicted octanol–water partition coefficient (Wildman–Crippen LogP) is 4.54. The zero-order chi connectivity index (χ0) is 19.9. The molecule has 30 heavy (non-hydrogen) atoms. The second-order valence-corrected chi connectivity index (χ2v) is 8.18. The van der Waals surface area contributed by atoms with Crippen LogP contribution in [0.1, 0.15) is 36.9 Å². The molecule has 2 aromatic rings. The molecule has 0 saturated carbocycles. The SMILES string of the molecule is CC(C(=O)N1CCC(CN(C)Cc2ccccc2)CC1)C(N)c1ccccc1.Cl.Cl. The Hall–Kier alpha value is -1.59. The van der Waals surface area contributed by atoms with Gasteiger partial charge in [0.2, 0.25) is 5.91 Å². The Morgan fingerprint density at radius 3 is 2.13 bits per heavy atom. The van der Waals surface area contributed by atoms with Crippen molar-refractivity contribution in [3.8, 4) is 0 Å². The maximum atomic E-state index is 12.9. The van der Waals surface area contributed by atoms with E-state index in [0.717, 1.165) is 44.6 Å². The summed E-state index contributed by atoms with van der Waals surface area (Å²) < 4.78 is 0. The van der Waals surface area contributed by atoms with Crippen LogP contribution in [-0.2, 0) is 11.3 Å². The highest BCUT2D eigenvalue weighted by molar-refractivity contribution is 5.85. The van der Waals surface area contributed by atoms with Gasteiger partial charge in [0.25, 0.3) is 0 Å². The van der Waals surface area contributed by atoms with Gasteiger partial charge in [0, 0.05) is 32.2 Å². The first-order chi connectivity index (χ1) is 13.5. The number of carbonyl (C=O) groups excluding carboxylic acids is 1. The van der Waals surface area contributed by atoms with Crippen molar-refractivity contribution in [2.45, 2.75) is 32.4 Å². The summed E-state index contributed by atoms with van der Waals surface area (Å²) in [5, 5.41) is 0. The summed E-state index contributed by atoms with van der Waals surface area (Å²) in [6.45, 7) is 5.70. The lowest BCUT2D eigenvalue weighted by molar-refractivity contribution is -0.137. The van der Waals surface area contributed by atoms with Crippen LogP contribution in [0.25, 0.3) is 0 Å². The summed E-state index contributed by atoms with van der Waals surface area (Å²) in [5.74, 6) is 0.642. The molecule has 1 amide bonds. The normalized spacial score (nSPS) is 16.3. The Morgan fingerprint density at radius 1 is 1.03 bits per heavy atom. The Balaban J connectivity index is 0.00000225. The minimum absolute atomic E-state index is 0. The summed E-state index contributed by atoms with van der Waals surface area (Å²) in [6, 6.07) is 20.3. The highest BCUT2D eigenvalue weighted by Crippen LogP contribution is 2.25. The molecule has 0 bridgehead atoms. The van der Waals surface area contributed by atoms with E-state index in [0.29, 0.717) is 5.92 Å². The van der Waals surface area contributed by atoms with Gasteiger partial charge in [-0.15, -0.1) is 24.8 Å². The maximum absolute atomic E-state index is 12.9. The molecule has 2 aromatic carbocycles. The number of rotatable bonds is 7. The molecule has 1 fully saturated rings. The smallest absolute Gasteiger partial charge is 0.227 e. The van der Waals surface area contributed by atoms with Crippen molar-refractivity contribution < 1.29 is 4.79 Å². The van der Waals surface area contributed by atoms with Gasteiger partial charge in [0.05, 0.1) is 5.92 Å². The van der Waals surface area contributed by atoms with E-state index >= 15 is 0 Å². The summed E-state index contributed by atoms with van der Waals surface area (Å²) in [7, 11) is 2.19. The zero-order valence-electron chi connectivity index (χ0n) is 17.9. The van der Waals surface area contributed by atoms with Gasteiger partial charge in [-0.05, 0) is 36.9 Å². The molecule has 0 spiro atoms. The number of benzene rings is 2. The van der Waals surface area contributed by atoms with Crippen LogP contribution in [0.15, 0.2) is 60.7 Å². The predicted molar refractivity (Wildman–Crippen MR) is 129 cm³/mol. The Morgan fingerprint density at radius 2 is 1.57 bits per heavy atom.